The van der Waals surface area contributed by atoms with E-state index in [9.17, 15) is 4.79 Å². The Balaban J connectivity index is 2.28. The highest BCUT2D eigenvalue weighted by atomic mass is 16.2. The maximum Gasteiger partial charge on any atom is 0.257 e. The summed E-state index contributed by atoms with van der Waals surface area (Å²) < 4.78 is 1.86. The van der Waals surface area contributed by atoms with Crippen molar-refractivity contribution in [3.8, 4) is 0 Å². The van der Waals surface area contributed by atoms with Gasteiger partial charge in [-0.1, -0.05) is 37.3 Å². The van der Waals surface area contributed by atoms with Crippen LogP contribution in [0.25, 0.3) is 0 Å². The first-order valence-electron chi connectivity index (χ1n) is 8.45. The van der Waals surface area contributed by atoms with Crippen LogP contribution in [0.5, 0.6) is 0 Å². The Morgan fingerprint density at radius 2 is 1.88 bits per heavy atom. The number of likely N-dealkylation sites (N-methyl/N-ethyl adjacent to an activating group) is 2. The number of rotatable bonds is 7. The van der Waals surface area contributed by atoms with Gasteiger partial charge in [0.25, 0.3) is 5.91 Å². The Morgan fingerprint density at radius 3 is 2.46 bits per heavy atom. The van der Waals surface area contributed by atoms with Crippen molar-refractivity contribution in [3.63, 3.8) is 0 Å². The van der Waals surface area contributed by atoms with E-state index in [1.807, 2.05) is 62.0 Å². The van der Waals surface area contributed by atoms with E-state index in [1.54, 1.807) is 0 Å². The lowest BCUT2D eigenvalue weighted by Crippen LogP contribution is -2.37. The zero-order valence-corrected chi connectivity index (χ0v) is 15.4. The molecule has 0 N–H and O–H groups in total. The second-order valence-corrected chi connectivity index (χ2v) is 6.50. The number of hydrogen-bond donors (Lipinski definition) is 0. The van der Waals surface area contributed by atoms with E-state index in [1.165, 1.54) is 0 Å². The molecule has 0 radical (unpaired) electrons. The van der Waals surface area contributed by atoms with Crippen molar-refractivity contribution in [2.24, 2.45) is 0 Å². The molecule has 5 nitrogen and oxygen atoms in total. The van der Waals surface area contributed by atoms with Crippen molar-refractivity contribution in [2.75, 3.05) is 27.7 Å². The van der Waals surface area contributed by atoms with E-state index in [-0.39, 0.29) is 11.9 Å². The molecule has 24 heavy (non-hydrogen) atoms. The lowest BCUT2D eigenvalue weighted by molar-refractivity contribution is 0.0704. The third-order valence-corrected chi connectivity index (χ3v) is 4.14. The van der Waals surface area contributed by atoms with Gasteiger partial charge in [-0.05, 0) is 33.0 Å². The van der Waals surface area contributed by atoms with Gasteiger partial charge in [0.2, 0.25) is 0 Å². The van der Waals surface area contributed by atoms with Gasteiger partial charge in [-0.15, -0.1) is 0 Å². The summed E-state index contributed by atoms with van der Waals surface area (Å²) in [6.07, 6.45) is 2.87. The molecule has 2 aromatic rings. The Kier molecular flexibility index (Phi) is 6.15. The van der Waals surface area contributed by atoms with Crippen molar-refractivity contribution >= 4 is 5.91 Å². The maximum absolute atomic E-state index is 13.0. The first-order chi connectivity index (χ1) is 11.4. The standard InChI is InChI=1S/C19H28N4O/c1-6-12-23-13-17(15(2)20-23)19(24)22(5)18(14-21(3)4)16-10-8-7-9-11-16/h7-11,13,18H,6,12,14H2,1-5H3. The molecule has 130 valence electrons. The second-order valence-electron chi connectivity index (χ2n) is 6.50. The van der Waals surface area contributed by atoms with Crippen molar-refractivity contribution < 1.29 is 4.79 Å². The summed E-state index contributed by atoms with van der Waals surface area (Å²) in [7, 11) is 5.93. The Morgan fingerprint density at radius 1 is 1.21 bits per heavy atom. The van der Waals surface area contributed by atoms with Crippen molar-refractivity contribution in [1.29, 1.82) is 0 Å². The van der Waals surface area contributed by atoms with Crippen LogP contribution in [0, 0.1) is 6.92 Å². The lowest BCUT2D eigenvalue weighted by atomic mass is 10.0. The Hall–Kier alpha value is -2.14. The number of benzene rings is 1. The number of aryl methyl sites for hydroxylation is 2. The summed E-state index contributed by atoms with van der Waals surface area (Å²) in [5.74, 6) is 0.0190. The summed E-state index contributed by atoms with van der Waals surface area (Å²) >= 11 is 0. The van der Waals surface area contributed by atoms with Crippen LogP contribution in [0.4, 0.5) is 0 Å². The highest BCUT2D eigenvalue weighted by Gasteiger charge is 2.25. The normalized spacial score (nSPS) is 12.4. The number of nitrogens with zero attached hydrogens (tertiary/aromatic N) is 4. The first-order valence-corrected chi connectivity index (χ1v) is 8.45. The minimum absolute atomic E-state index is 0.00243. The average molecular weight is 328 g/mol. The van der Waals surface area contributed by atoms with Gasteiger partial charge in [0.1, 0.15) is 0 Å². The molecule has 1 heterocycles. The predicted molar refractivity (Wildman–Crippen MR) is 97.1 cm³/mol. The third kappa shape index (κ3) is 4.23. The number of aromatic nitrogens is 2. The van der Waals surface area contributed by atoms with Crippen LogP contribution in [-0.4, -0.2) is 53.2 Å². The van der Waals surface area contributed by atoms with Crippen LogP contribution in [0.15, 0.2) is 36.5 Å². The second kappa shape index (κ2) is 8.11. The van der Waals surface area contributed by atoms with Gasteiger partial charge in [-0.25, -0.2) is 0 Å². The van der Waals surface area contributed by atoms with Crippen molar-refractivity contribution in [3.05, 3.63) is 53.3 Å². The van der Waals surface area contributed by atoms with Gasteiger partial charge >= 0.3 is 0 Å². The molecule has 5 heteroatoms. The molecule has 2 rings (SSSR count). The zero-order chi connectivity index (χ0) is 17.7. The Labute approximate surface area is 144 Å². The molecule has 0 bridgehead atoms. The van der Waals surface area contributed by atoms with Crippen LogP contribution >= 0.6 is 0 Å². The maximum atomic E-state index is 13.0. The average Bonchev–Trinajstić information content (AvgIpc) is 2.93. The SMILES string of the molecule is CCCn1cc(C(=O)N(C)C(CN(C)C)c2ccccc2)c(C)n1. The van der Waals surface area contributed by atoms with Crippen LogP contribution in [0.2, 0.25) is 0 Å². The zero-order valence-electron chi connectivity index (χ0n) is 15.4. The van der Waals surface area contributed by atoms with Gasteiger partial charge in [0.05, 0.1) is 17.3 Å². The lowest BCUT2D eigenvalue weighted by Gasteiger charge is -2.31. The van der Waals surface area contributed by atoms with E-state index >= 15 is 0 Å². The Bertz CT molecular complexity index is 663. The fourth-order valence-corrected chi connectivity index (χ4v) is 2.88. The minimum Gasteiger partial charge on any atom is -0.333 e. The van der Waals surface area contributed by atoms with E-state index in [0.717, 1.165) is 30.8 Å². The summed E-state index contributed by atoms with van der Waals surface area (Å²) in [6.45, 7) is 5.61. The quantitative estimate of drug-likeness (QED) is 0.784. The van der Waals surface area contributed by atoms with Crippen LogP contribution in [-0.2, 0) is 6.54 Å². The molecule has 0 aliphatic rings. The predicted octanol–water partition coefficient (Wildman–Crippen LogP) is 2.98. The monoisotopic (exact) mass is 328 g/mol. The molecule has 0 aliphatic heterocycles. The van der Waals surface area contributed by atoms with E-state index in [4.69, 9.17) is 0 Å². The highest BCUT2D eigenvalue weighted by Crippen LogP contribution is 2.23. The van der Waals surface area contributed by atoms with E-state index < -0.39 is 0 Å². The summed E-state index contributed by atoms with van der Waals surface area (Å²) in [5.41, 5.74) is 2.61. The van der Waals surface area contributed by atoms with Crippen LogP contribution in [0.1, 0.15) is 41.0 Å². The molecule has 0 saturated heterocycles. The molecule has 1 unspecified atom stereocenters. The topological polar surface area (TPSA) is 41.4 Å². The largest absolute Gasteiger partial charge is 0.333 e. The fourth-order valence-electron chi connectivity index (χ4n) is 2.88. The van der Waals surface area contributed by atoms with E-state index in [0.29, 0.717) is 5.56 Å². The molecular weight excluding hydrogens is 300 g/mol. The summed E-state index contributed by atoms with van der Waals surface area (Å²) in [4.78, 5) is 17.0. The number of carbonyl (C=O) groups is 1. The smallest absolute Gasteiger partial charge is 0.257 e. The van der Waals surface area contributed by atoms with Gasteiger partial charge in [-0.3, -0.25) is 9.48 Å². The van der Waals surface area contributed by atoms with Crippen molar-refractivity contribution in [2.45, 2.75) is 32.9 Å². The molecule has 1 atom stereocenters. The molecular formula is C19H28N4O. The molecule has 0 spiro atoms. The number of carbonyl (C=O) groups excluding carboxylic acids is 1. The van der Waals surface area contributed by atoms with Gasteiger partial charge in [0, 0.05) is 26.3 Å². The first kappa shape index (κ1) is 18.2. The third-order valence-electron chi connectivity index (χ3n) is 4.14. The summed E-state index contributed by atoms with van der Waals surface area (Å²) in [6, 6.07) is 10.2. The molecule has 1 amide bonds. The van der Waals surface area contributed by atoms with Crippen LogP contribution in [0.3, 0.4) is 0 Å². The van der Waals surface area contributed by atoms with Gasteiger partial charge in [-0.2, -0.15) is 5.10 Å². The molecule has 0 saturated carbocycles. The van der Waals surface area contributed by atoms with Crippen molar-refractivity contribution in [1.82, 2.24) is 19.6 Å². The molecule has 0 aliphatic carbocycles. The highest BCUT2D eigenvalue weighted by molar-refractivity contribution is 5.95. The fraction of sp³-hybridized carbons (Fsp3) is 0.474. The van der Waals surface area contributed by atoms with Gasteiger partial charge < -0.3 is 9.80 Å². The number of hydrogen-bond acceptors (Lipinski definition) is 3. The number of amides is 1. The minimum atomic E-state index is 0.00243. The summed E-state index contributed by atoms with van der Waals surface area (Å²) in [5, 5.41) is 4.46. The van der Waals surface area contributed by atoms with Crippen LogP contribution < -0.4 is 0 Å². The molecule has 0 fully saturated rings. The van der Waals surface area contributed by atoms with Gasteiger partial charge in [0.15, 0.2) is 0 Å². The van der Waals surface area contributed by atoms with E-state index in [2.05, 4.69) is 29.1 Å². The molecule has 1 aromatic heterocycles. The molecule has 1 aromatic carbocycles.